The Morgan fingerprint density at radius 2 is 2.13 bits per heavy atom. The molecule has 0 bridgehead atoms. The number of benzene rings is 1. The molecule has 1 aliphatic rings. The molecule has 0 amide bonds. The molecule has 1 aromatic rings. The average Bonchev–Trinajstić information content (AvgIpc) is 2.54. The number of Topliss-reactive ketones (excluding diaryl/α,β-unsaturated/α-hetero) is 1. The fourth-order valence-corrected chi connectivity index (χ4v) is 2.92. The predicted molar refractivity (Wildman–Crippen MR) is 62.0 cm³/mol. The zero-order valence-electron chi connectivity index (χ0n) is 9.71. The van der Waals surface area contributed by atoms with Gasteiger partial charge in [-0.15, -0.1) is 0 Å². The Hall–Kier alpha value is -1.11. The second-order valence-corrected chi connectivity index (χ2v) is 4.80. The van der Waals surface area contributed by atoms with Gasteiger partial charge in [0.2, 0.25) is 0 Å². The summed E-state index contributed by atoms with van der Waals surface area (Å²) in [5.74, 6) is 0.510. The average molecular weight is 202 g/mol. The fraction of sp³-hybridized carbons (Fsp3) is 0.500. The summed E-state index contributed by atoms with van der Waals surface area (Å²) in [6, 6.07) is 8.49. The van der Waals surface area contributed by atoms with Gasteiger partial charge in [-0.1, -0.05) is 38.1 Å². The van der Waals surface area contributed by atoms with Gasteiger partial charge in [-0.05, 0) is 30.9 Å². The molecule has 0 saturated carbocycles. The molecular formula is C14H18O. The monoisotopic (exact) mass is 202 g/mol. The number of hydrogen-bond acceptors (Lipinski definition) is 1. The highest BCUT2D eigenvalue weighted by Gasteiger charge is 2.43. The molecule has 2 rings (SSSR count). The summed E-state index contributed by atoms with van der Waals surface area (Å²) >= 11 is 0. The predicted octanol–water partition coefficient (Wildman–Crippen LogP) is 3.12. The molecule has 2 unspecified atom stereocenters. The molecule has 0 radical (unpaired) electrons. The molecule has 0 spiro atoms. The van der Waals surface area contributed by atoms with Crippen LogP contribution in [0.2, 0.25) is 0 Å². The van der Waals surface area contributed by atoms with Crippen LogP contribution in [0.1, 0.15) is 38.3 Å². The van der Waals surface area contributed by atoms with Gasteiger partial charge >= 0.3 is 0 Å². The zero-order valence-corrected chi connectivity index (χ0v) is 9.71. The van der Waals surface area contributed by atoms with Crippen LogP contribution in [0.25, 0.3) is 0 Å². The lowest BCUT2D eigenvalue weighted by Gasteiger charge is -2.29. The van der Waals surface area contributed by atoms with E-state index in [9.17, 15) is 4.79 Å². The van der Waals surface area contributed by atoms with Crippen LogP contribution in [-0.4, -0.2) is 5.78 Å². The highest BCUT2D eigenvalue weighted by atomic mass is 16.1. The summed E-state index contributed by atoms with van der Waals surface area (Å²) in [4.78, 5) is 11.7. The third kappa shape index (κ3) is 1.41. The van der Waals surface area contributed by atoms with Gasteiger partial charge in [0.1, 0.15) is 5.78 Å². The minimum absolute atomic E-state index is 0.0580. The summed E-state index contributed by atoms with van der Waals surface area (Å²) in [6.07, 6.45) is 1.96. The highest BCUT2D eigenvalue weighted by molar-refractivity contribution is 5.81. The van der Waals surface area contributed by atoms with Crippen LogP contribution in [0, 0.1) is 5.92 Å². The fourth-order valence-electron chi connectivity index (χ4n) is 2.92. The quantitative estimate of drug-likeness (QED) is 0.720. The van der Waals surface area contributed by atoms with Gasteiger partial charge in [0.15, 0.2) is 0 Å². The van der Waals surface area contributed by atoms with Gasteiger partial charge in [-0.2, -0.15) is 0 Å². The Kier molecular flexibility index (Phi) is 2.41. The Morgan fingerprint density at radius 1 is 1.47 bits per heavy atom. The number of carbonyl (C=O) groups is 1. The molecule has 0 N–H and O–H groups in total. The lowest BCUT2D eigenvalue weighted by molar-refractivity contribution is -0.122. The molecule has 0 aromatic heterocycles. The topological polar surface area (TPSA) is 17.1 Å². The van der Waals surface area contributed by atoms with Crippen molar-refractivity contribution in [3.63, 3.8) is 0 Å². The van der Waals surface area contributed by atoms with E-state index in [2.05, 4.69) is 38.1 Å². The van der Waals surface area contributed by atoms with Crippen molar-refractivity contribution in [2.24, 2.45) is 5.92 Å². The number of ketones is 1. The smallest absolute Gasteiger partial charge is 0.134 e. The van der Waals surface area contributed by atoms with Gasteiger partial charge in [0, 0.05) is 11.3 Å². The summed E-state index contributed by atoms with van der Waals surface area (Å²) < 4.78 is 0. The van der Waals surface area contributed by atoms with E-state index in [1.807, 2.05) is 0 Å². The molecule has 0 heterocycles. The van der Waals surface area contributed by atoms with E-state index in [1.54, 1.807) is 6.92 Å². The summed E-state index contributed by atoms with van der Waals surface area (Å²) in [7, 11) is 0. The number of rotatable bonds is 2. The van der Waals surface area contributed by atoms with Crippen molar-refractivity contribution in [2.75, 3.05) is 0 Å². The molecule has 15 heavy (non-hydrogen) atoms. The van der Waals surface area contributed by atoms with Gasteiger partial charge in [-0.3, -0.25) is 4.79 Å². The van der Waals surface area contributed by atoms with Crippen LogP contribution < -0.4 is 0 Å². The van der Waals surface area contributed by atoms with E-state index in [1.165, 1.54) is 11.1 Å². The SMILES string of the molecule is CCC1(C)c2ccccc2CC1C(C)=O. The largest absolute Gasteiger partial charge is 0.300 e. The highest BCUT2D eigenvalue weighted by Crippen LogP contribution is 2.45. The standard InChI is InChI=1S/C14H18O/c1-4-14(3)12-8-6-5-7-11(12)9-13(14)10(2)15/h5-8,13H,4,9H2,1-3H3. The molecule has 0 fully saturated rings. The van der Waals surface area contributed by atoms with E-state index in [0.29, 0.717) is 5.78 Å². The molecule has 1 heteroatoms. The summed E-state index contributed by atoms with van der Waals surface area (Å²) in [5, 5.41) is 0. The van der Waals surface area contributed by atoms with E-state index in [0.717, 1.165) is 12.8 Å². The third-order valence-electron chi connectivity index (χ3n) is 4.05. The van der Waals surface area contributed by atoms with E-state index in [-0.39, 0.29) is 11.3 Å². The van der Waals surface area contributed by atoms with Gasteiger partial charge in [0.25, 0.3) is 0 Å². The molecule has 0 aliphatic heterocycles. The molecule has 1 aromatic carbocycles. The van der Waals surface area contributed by atoms with Crippen molar-refractivity contribution in [3.05, 3.63) is 35.4 Å². The first kappa shape index (κ1) is 10.4. The molecule has 0 saturated heterocycles. The van der Waals surface area contributed by atoms with Crippen LogP contribution in [0.3, 0.4) is 0 Å². The lowest BCUT2D eigenvalue weighted by Crippen LogP contribution is -2.32. The van der Waals surface area contributed by atoms with Crippen molar-refractivity contribution in [1.82, 2.24) is 0 Å². The van der Waals surface area contributed by atoms with Gasteiger partial charge < -0.3 is 0 Å². The minimum atomic E-state index is 0.0580. The first-order valence-corrected chi connectivity index (χ1v) is 5.68. The Morgan fingerprint density at radius 3 is 2.73 bits per heavy atom. The van der Waals surface area contributed by atoms with Crippen molar-refractivity contribution in [2.45, 2.75) is 39.0 Å². The number of carbonyl (C=O) groups excluding carboxylic acids is 1. The van der Waals surface area contributed by atoms with Crippen molar-refractivity contribution in [3.8, 4) is 0 Å². The molecule has 2 atom stereocenters. The van der Waals surface area contributed by atoms with Crippen molar-refractivity contribution >= 4 is 5.78 Å². The first-order chi connectivity index (χ1) is 7.09. The maximum atomic E-state index is 11.7. The molecule has 1 nitrogen and oxygen atoms in total. The Bertz CT molecular complexity index is 394. The Balaban J connectivity index is 2.52. The lowest BCUT2D eigenvalue weighted by atomic mass is 9.73. The number of fused-ring (bicyclic) bond motifs is 1. The van der Waals surface area contributed by atoms with Crippen molar-refractivity contribution < 1.29 is 4.79 Å². The van der Waals surface area contributed by atoms with Crippen LogP contribution in [0.4, 0.5) is 0 Å². The third-order valence-corrected chi connectivity index (χ3v) is 4.05. The van der Waals surface area contributed by atoms with Crippen LogP contribution in [-0.2, 0) is 16.6 Å². The second kappa shape index (κ2) is 3.48. The maximum Gasteiger partial charge on any atom is 0.134 e. The van der Waals surface area contributed by atoms with E-state index in [4.69, 9.17) is 0 Å². The minimum Gasteiger partial charge on any atom is -0.300 e. The Labute approximate surface area is 91.5 Å². The van der Waals surface area contributed by atoms with E-state index < -0.39 is 0 Å². The zero-order chi connectivity index (χ0) is 11.1. The van der Waals surface area contributed by atoms with Gasteiger partial charge in [-0.25, -0.2) is 0 Å². The van der Waals surface area contributed by atoms with Crippen LogP contribution in [0.5, 0.6) is 0 Å². The van der Waals surface area contributed by atoms with Crippen LogP contribution in [0.15, 0.2) is 24.3 Å². The summed E-state index contributed by atoms with van der Waals surface area (Å²) in [6.45, 7) is 6.13. The number of hydrogen-bond donors (Lipinski definition) is 0. The first-order valence-electron chi connectivity index (χ1n) is 5.68. The maximum absolute atomic E-state index is 11.7. The molecule has 80 valence electrons. The molecular weight excluding hydrogens is 184 g/mol. The summed E-state index contributed by atoms with van der Waals surface area (Å²) in [5.41, 5.74) is 2.80. The normalized spacial score (nSPS) is 28.9. The molecule has 1 aliphatic carbocycles. The second-order valence-electron chi connectivity index (χ2n) is 4.80. The van der Waals surface area contributed by atoms with E-state index >= 15 is 0 Å². The van der Waals surface area contributed by atoms with Gasteiger partial charge in [0.05, 0.1) is 0 Å². The van der Waals surface area contributed by atoms with Crippen LogP contribution >= 0.6 is 0 Å². The van der Waals surface area contributed by atoms with Crippen molar-refractivity contribution in [1.29, 1.82) is 0 Å².